The van der Waals surface area contributed by atoms with Crippen LogP contribution in [0.15, 0.2) is 34.7 Å². The van der Waals surface area contributed by atoms with Crippen molar-refractivity contribution in [1.29, 1.82) is 0 Å². The second kappa shape index (κ2) is 11.3. The zero-order chi connectivity index (χ0) is 24.8. The van der Waals surface area contributed by atoms with Crippen molar-refractivity contribution in [3.63, 3.8) is 0 Å². The molecule has 0 saturated heterocycles. The second-order valence-corrected chi connectivity index (χ2v) is 8.48. The summed E-state index contributed by atoms with van der Waals surface area (Å²) in [6.45, 7) is 2.53. The van der Waals surface area contributed by atoms with Crippen LogP contribution in [0.2, 0.25) is 0 Å². The van der Waals surface area contributed by atoms with E-state index in [9.17, 15) is 5.11 Å². The minimum Gasteiger partial charge on any atom is -0.493 e. The molecule has 3 atom stereocenters. The van der Waals surface area contributed by atoms with Crippen LogP contribution in [-0.2, 0) is 9.59 Å². The van der Waals surface area contributed by atoms with Crippen LogP contribution in [0.3, 0.4) is 0 Å². The average Bonchev–Trinajstić information content (AvgIpc) is 2.84. The van der Waals surface area contributed by atoms with Crippen molar-refractivity contribution >= 4 is 29.4 Å². The Hall–Kier alpha value is -3.18. The molecule has 0 bridgehead atoms. The lowest BCUT2D eigenvalue weighted by atomic mass is 9.74. The number of fused-ring (bicyclic) bond motifs is 3. The fraction of sp³-hybridized carbons (Fsp3) is 0.435. The smallest absolute Gasteiger partial charge is 0.414 e. The molecule has 4 rings (SSSR count). The van der Waals surface area contributed by atoms with Crippen molar-refractivity contribution in [3.05, 3.63) is 41.2 Å². The average molecular weight is 490 g/mol. The number of carboxylic acids is 2. The number of aliphatic hydroxyl groups is 1. The Bertz CT molecular complexity index is 1060. The normalized spacial score (nSPS) is 20.6. The summed E-state index contributed by atoms with van der Waals surface area (Å²) in [5, 5.41) is 25.8. The number of methoxy groups -OCH3 is 1. The quantitative estimate of drug-likeness (QED) is 0.325. The highest BCUT2D eigenvalue weighted by Gasteiger charge is 2.37. The van der Waals surface area contributed by atoms with Crippen molar-refractivity contribution in [2.24, 2.45) is 4.99 Å². The van der Waals surface area contributed by atoms with Gasteiger partial charge in [-0.15, -0.1) is 0 Å². The number of ether oxygens (including phenoxy) is 2. The highest BCUT2D eigenvalue weighted by molar-refractivity contribution is 7.98. The van der Waals surface area contributed by atoms with Gasteiger partial charge in [0.25, 0.3) is 0 Å². The molecular formula is C23H27N3O7S. The largest absolute Gasteiger partial charge is 0.493 e. The molecule has 0 unspecified atom stereocenters. The third kappa shape index (κ3) is 5.65. The monoisotopic (exact) mass is 489 g/mol. The Labute approximate surface area is 201 Å². The minimum atomic E-state index is -1.82. The van der Waals surface area contributed by atoms with E-state index in [1.807, 2.05) is 31.6 Å². The standard InChI is InChI=1S/C21H25N3O3S.C2H2O4/c1-4-27-19-8-14-15-7-13(25)5-6-17(15)24-20(16(14)9-18(19)26-2)12-10-22-21(28-3)23-11-12;3-1(4)2(5)6/h8-11,13,15,17,25H,4-7H2,1-3H3;(H,3,4)(H,5,6)/t13-,15-,17-;/m1./s1. The van der Waals surface area contributed by atoms with E-state index in [-0.39, 0.29) is 18.1 Å². The molecule has 1 aliphatic heterocycles. The summed E-state index contributed by atoms with van der Waals surface area (Å²) < 4.78 is 11.4. The van der Waals surface area contributed by atoms with E-state index in [1.165, 1.54) is 11.8 Å². The van der Waals surface area contributed by atoms with E-state index in [0.29, 0.717) is 18.8 Å². The van der Waals surface area contributed by atoms with Crippen LogP contribution in [0.25, 0.3) is 0 Å². The molecule has 1 fully saturated rings. The van der Waals surface area contributed by atoms with E-state index in [1.54, 1.807) is 7.11 Å². The molecule has 182 valence electrons. The van der Waals surface area contributed by atoms with Crippen molar-refractivity contribution in [2.45, 2.75) is 49.4 Å². The molecular weight excluding hydrogens is 462 g/mol. The van der Waals surface area contributed by atoms with Gasteiger partial charge in [0.05, 0.1) is 31.6 Å². The van der Waals surface area contributed by atoms with Gasteiger partial charge in [0.15, 0.2) is 16.7 Å². The Morgan fingerprint density at radius 1 is 1.12 bits per heavy atom. The van der Waals surface area contributed by atoms with Gasteiger partial charge in [-0.2, -0.15) is 0 Å². The van der Waals surface area contributed by atoms with Gasteiger partial charge in [-0.05, 0) is 50.1 Å². The molecule has 1 aliphatic carbocycles. The third-order valence-electron chi connectivity index (χ3n) is 5.64. The number of aliphatic carboxylic acids is 2. The lowest BCUT2D eigenvalue weighted by Gasteiger charge is -2.37. The number of carboxylic acid groups (broad SMARTS) is 2. The SMILES string of the molecule is CCOc1cc2c(cc1OC)C(c1cnc(SC)nc1)=N[C@@H]1CC[C@@H](O)C[C@H]21.O=C(O)C(=O)O. The molecule has 11 heteroatoms. The molecule has 2 aliphatic rings. The highest BCUT2D eigenvalue weighted by Crippen LogP contribution is 2.44. The number of thioether (sulfide) groups is 1. The number of hydrogen-bond donors (Lipinski definition) is 3. The maximum Gasteiger partial charge on any atom is 0.414 e. The molecule has 0 amide bonds. The molecule has 1 aromatic heterocycles. The maximum atomic E-state index is 10.3. The fourth-order valence-electron chi connectivity index (χ4n) is 4.15. The van der Waals surface area contributed by atoms with Crippen LogP contribution in [0.4, 0.5) is 0 Å². The zero-order valence-corrected chi connectivity index (χ0v) is 19.9. The van der Waals surface area contributed by atoms with Crippen LogP contribution < -0.4 is 9.47 Å². The van der Waals surface area contributed by atoms with Crippen molar-refractivity contribution in [3.8, 4) is 11.5 Å². The fourth-order valence-corrected chi connectivity index (χ4v) is 4.46. The van der Waals surface area contributed by atoms with Gasteiger partial charge in [-0.1, -0.05) is 11.8 Å². The summed E-state index contributed by atoms with van der Waals surface area (Å²) in [5.74, 6) is -2.05. The van der Waals surface area contributed by atoms with Gasteiger partial charge in [0.1, 0.15) is 0 Å². The first kappa shape index (κ1) is 25.4. The number of benzene rings is 1. The van der Waals surface area contributed by atoms with Crippen LogP contribution in [0.5, 0.6) is 11.5 Å². The van der Waals surface area contributed by atoms with E-state index >= 15 is 0 Å². The van der Waals surface area contributed by atoms with E-state index in [2.05, 4.69) is 16.0 Å². The Balaban J connectivity index is 0.000000481. The molecule has 0 radical (unpaired) electrons. The van der Waals surface area contributed by atoms with Crippen molar-refractivity contribution in [2.75, 3.05) is 20.0 Å². The number of aliphatic imine (C=N–C) groups is 1. The molecule has 1 aromatic carbocycles. The van der Waals surface area contributed by atoms with Gasteiger partial charge < -0.3 is 24.8 Å². The van der Waals surface area contributed by atoms with Crippen LogP contribution in [0.1, 0.15) is 48.8 Å². The summed E-state index contributed by atoms with van der Waals surface area (Å²) in [5.41, 5.74) is 3.96. The Morgan fingerprint density at radius 2 is 1.79 bits per heavy atom. The molecule has 1 saturated carbocycles. The molecule has 10 nitrogen and oxygen atoms in total. The zero-order valence-electron chi connectivity index (χ0n) is 19.1. The van der Waals surface area contributed by atoms with E-state index in [4.69, 9.17) is 34.3 Å². The van der Waals surface area contributed by atoms with E-state index in [0.717, 1.165) is 46.1 Å². The highest BCUT2D eigenvalue weighted by atomic mass is 32.2. The molecule has 34 heavy (non-hydrogen) atoms. The Morgan fingerprint density at radius 3 is 2.35 bits per heavy atom. The van der Waals surface area contributed by atoms with Crippen molar-refractivity contribution < 1.29 is 34.4 Å². The van der Waals surface area contributed by atoms with Gasteiger partial charge >= 0.3 is 11.9 Å². The summed E-state index contributed by atoms with van der Waals surface area (Å²) in [6.07, 6.45) is 7.71. The molecule has 2 aromatic rings. The number of carbonyl (C=O) groups is 2. The van der Waals surface area contributed by atoms with Gasteiger partial charge in [-0.3, -0.25) is 4.99 Å². The Kier molecular flexibility index (Phi) is 8.46. The number of aliphatic hydroxyl groups excluding tert-OH is 1. The maximum absolute atomic E-state index is 10.3. The van der Waals surface area contributed by atoms with Crippen molar-refractivity contribution in [1.82, 2.24) is 9.97 Å². The predicted molar refractivity (Wildman–Crippen MR) is 125 cm³/mol. The lowest BCUT2D eigenvalue weighted by molar-refractivity contribution is -0.159. The van der Waals surface area contributed by atoms with Gasteiger partial charge in [-0.25, -0.2) is 19.6 Å². The summed E-state index contributed by atoms with van der Waals surface area (Å²) >= 11 is 1.52. The number of rotatable bonds is 5. The third-order valence-corrected chi connectivity index (χ3v) is 6.21. The lowest BCUT2D eigenvalue weighted by Crippen LogP contribution is -2.34. The number of aromatic nitrogens is 2. The second-order valence-electron chi connectivity index (χ2n) is 7.71. The van der Waals surface area contributed by atoms with Gasteiger partial charge in [0, 0.05) is 29.4 Å². The predicted octanol–water partition coefficient (Wildman–Crippen LogP) is 2.61. The van der Waals surface area contributed by atoms with Crippen LogP contribution >= 0.6 is 11.8 Å². The van der Waals surface area contributed by atoms with Crippen LogP contribution in [0, 0.1) is 0 Å². The van der Waals surface area contributed by atoms with Gasteiger partial charge in [0.2, 0.25) is 0 Å². The van der Waals surface area contributed by atoms with E-state index < -0.39 is 11.9 Å². The summed E-state index contributed by atoms with van der Waals surface area (Å²) in [6, 6.07) is 4.21. The first-order chi connectivity index (χ1) is 16.3. The first-order valence-electron chi connectivity index (χ1n) is 10.7. The molecule has 2 heterocycles. The summed E-state index contributed by atoms with van der Waals surface area (Å²) in [7, 11) is 1.65. The molecule has 3 N–H and O–H groups in total. The number of hydrogen-bond acceptors (Lipinski definition) is 9. The first-order valence-corrected chi connectivity index (χ1v) is 11.9. The minimum absolute atomic E-state index is 0.147. The molecule has 0 spiro atoms. The van der Waals surface area contributed by atoms with Crippen LogP contribution in [-0.4, -0.2) is 75.1 Å². The topological polar surface area (TPSA) is 151 Å². The summed E-state index contributed by atoms with van der Waals surface area (Å²) in [4.78, 5) is 32.1. The number of nitrogens with zero attached hydrogens (tertiary/aromatic N) is 3.